The molecule has 0 aliphatic carbocycles. The lowest BCUT2D eigenvalue weighted by Gasteiger charge is -2.33. The highest BCUT2D eigenvalue weighted by Crippen LogP contribution is 2.29. The molecule has 196 valence electrons. The number of nitrogens with one attached hydrogen (secondary N) is 1. The number of piperazine rings is 1. The van der Waals surface area contributed by atoms with Gasteiger partial charge < -0.3 is 9.80 Å². The first-order chi connectivity index (χ1) is 18.6. The first-order valence-electron chi connectivity index (χ1n) is 12.9. The molecule has 2 aliphatic heterocycles. The van der Waals surface area contributed by atoms with Crippen molar-refractivity contribution < 1.29 is 9.18 Å². The van der Waals surface area contributed by atoms with Crippen molar-refractivity contribution in [2.45, 2.75) is 13.1 Å². The molecule has 0 saturated carbocycles. The molecule has 0 radical (unpaired) electrons. The summed E-state index contributed by atoms with van der Waals surface area (Å²) in [6.07, 6.45) is 5.16. The Morgan fingerprint density at radius 2 is 1.87 bits per heavy atom. The average molecular weight is 516 g/mol. The number of carbonyl (C=O) groups excluding carboxylic acids is 1. The quantitative estimate of drug-likeness (QED) is 0.419. The van der Waals surface area contributed by atoms with E-state index in [2.05, 4.69) is 47.1 Å². The van der Waals surface area contributed by atoms with E-state index < -0.39 is 0 Å². The van der Waals surface area contributed by atoms with Crippen molar-refractivity contribution in [2.75, 3.05) is 63.2 Å². The number of nitrogens with zero attached hydrogens (tertiary/aromatic N) is 8. The van der Waals surface area contributed by atoms with Crippen LogP contribution in [-0.4, -0.2) is 93.4 Å². The van der Waals surface area contributed by atoms with Crippen LogP contribution in [0, 0.1) is 0 Å². The molecule has 10 nitrogen and oxygen atoms in total. The normalized spacial score (nSPS) is 16.5. The number of hydrogen-bond acceptors (Lipinski definition) is 8. The molecule has 0 unspecified atom stereocenters. The number of fused-ring (bicyclic) bond motifs is 2. The summed E-state index contributed by atoms with van der Waals surface area (Å²) in [6, 6.07) is 9.62. The van der Waals surface area contributed by atoms with Crippen molar-refractivity contribution in [3.8, 4) is 11.1 Å². The Balaban J connectivity index is 1.19. The van der Waals surface area contributed by atoms with Gasteiger partial charge in [-0.25, -0.2) is 19.3 Å². The SMILES string of the molecule is CN1CCN(c2ccc(C(=O)Nc3ncc4ccc(-c5cnn6c5CN(CCF)CC6)cc4n3)cn2)CC1. The van der Waals surface area contributed by atoms with E-state index in [-0.39, 0.29) is 18.5 Å². The fourth-order valence-corrected chi connectivity index (χ4v) is 5.02. The van der Waals surface area contributed by atoms with E-state index in [1.165, 1.54) is 0 Å². The number of rotatable bonds is 6. The maximum Gasteiger partial charge on any atom is 0.259 e. The Morgan fingerprint density at radius 1 is 1.00 bits per heavy atom. The topological polar surface area (TPSA) is 95.3 Å². The number of amides is 1. The molecular weight excluding hydrogens is 485 g/mol. The Kier molecular flexibility index (Phi) is 6.69. The molecule has 4 aromatic rings. The highest BCUT2D eigenvalue weighted by atomic mass is 19.1. The number of likely N-dealkylation sites (N-methyl/N-ethyl adjacent to an activating group) is 1. The Bertz CT molecular complexity index is 1450. The number of hydrogen-bond donors (Lipinski definition) is 1. The zero-order valence-electron chi connectivity index (χ0n) is 21.3. The number of benzene rings is 1. The fourth-order valence-electron chi connectivity index (χ4n) is 5.02. The van der Waals surface area contributed by atoms with Gasteiger partial charge in [-0.05, 0) is 30.8 Å². The zero-order chi connectivity index (χ0) is 26.1. The maximum absolute atomic E-state index is 12.9. The molecular formula is C27H30FN9O. The van der Waals surface area contributed by atoms with Crippen LogP contribution in [0.15, 0.2) is 48.9 Å². The van der Waals surface area contributed by atoms with Crippen molar-refractivity contribution in [1.82, 2.24) is 34.5 Å². The van der Waals surface area contributed by atoms with Crippen molar-refractivity contribution >= 4 is 28.6 Å². The Labute approximate surface area is 220 Å². The lowest BCUT2D eigenvalue weighted by Crippen LogP contribution is -2.44. The van der Waals surface area contributed by atoms with E-state index >= 15 is 0 Å². The fraction of sp³-hybridized carbons (Fsp3) is 0.370. The molecule has 1 amide bonds. The average Bonchev–Trinajstić information content (AvgIpc) is 3.37. The molecule has 6 rings (SSSR count). The monoisotopic (exact) mass is 515 g/mol. The highest BCUT2D eigenvalue weighted by Gasteiger charge is 2.21. The highest BCUT2D eigenvalue weighted by molar-refractivity contribution is 6.03. The molecule has 1 saturated heterocycles. The Hall–Kier alpha value is -3.96. The predicted molar refractivity (Wildman–Crippen MR) is 144 cm³/mol. The van der Waals surface area contributed by atoms with Crippen molar-refractivity contribution in [1.29, 1.82) is 0 Å². The lowest BCUT2D eigenvalue weighted by molar-refractivity contribution is 0.102. The number of anilines is 2. The summed E-state index contributed by atoms with van der Waals surface area (Å²) in [6.45, 7) is 6.07. The molecule has 1 fully saturated rings. The van der Waals surface area contributed by atoms with E-state index in [1.54, 1.807) is 18.5 Å². The van der Waals surface area contributed by atoms with Crippen LogP contribution >= 0.6 is 0 Å². The summed E-state index contributed by atoms with van der Waals surface area (Å²) < 4.78 is 14.9. The van der Waals surface area contributed by atoms with Gasteiger partial charge in [-0.2, -0.15) is 5.10 Å². The summed E-state index contributed by atoms with van der Waals surface area (Å²) in [5, 5.41) is 8.20. The number of alkyl halides is 1. The largest absolute Gasteiger partial charge is 0.354 e. The van der Waals surface area contributed by atoms with E-state index in [0.717, 1.165) is 67.3 Å². The minimum atomic E-state index is -0.360. The minimum Gasteiger partial charge on any atom is -0.354 e. The van der Waals surface area contributed by atoms with Crippen molar-refractivity contribution in [3.63, 3.8) is 0 Å². The Morgan fingerprint density at radius 3 is 2.66 bits per heavy atom. The number of carbonyl (C=O) groups is 1. The first-order valence-corrected chi connectivity index (χ1v) is 12.9. The maximum atomic E-state index is 12.9. The number of aromatic nitrogens is 5. The summed E-state index contributed by atoms with van der Waals surface area (Å²) in [5.74, 6) is 0.796. The van der Waals surface area contributed by atoms with Crippen LogP contribution in [0.5, 0.6) is 0 Å². The number of pyridine rings is 1. The molecule has 3 aromatic heterocycles. The van der Waals surface area contributed by atoms with Crippen LogP contribution < -0.4 is 10.2 Å². The third-order valence-electron chi connectivity index (χ3n) is 7.31. The van der Waals surface area contributed by atoms with E-state index in [4.69, 9.17) is 0 Å². The third-order valence-corrected chi connectivity index (χ3v) is 7.31. The third kappa shape index (κ3) is 4.94. The van der Waals surface area contributed by atoms with Gasteiger partial charge >= 0.3 is 0 Å². The first kappa shape index (κ1) is 24.4. The van der Waals surface area contributed by atoms with E-state index in [1.807, 2.05) is 35.1 Å². The van der Waals surface area contributed by atoms with Crippen LogP contribution in [0.3, 0.4) is 0 Å². The van der Waals surface area contributed by atoms with Gasteiger partial charge in [-0.1, -0.05) is 12.1 Å². The van der Waals surface area contributed by atoms with Gasteiger partial charge in [0.2, 0.25) is 5.95 Å². The van der Waals surface area contributed by atoms with Crippen LogP contribution in [0.2, 0.25) is 0 Å². The molecule has 0 spiro atoms. The standard InChI is InChI=1S/C27H30FN9O/c1-34-8-11-36(12-9-34)25-5-4-21(16-29-25)26(38)33-27-30-15-20-3-2-19(14-23(20)32-27)22-17-31-37-13-10-35(7-6-28)18-24(22)37/h2-5,14-17H,6-13,18H2,1H3,(H,30,32,33,38). The summed E-state index contributed by atoms with van der Waals surface area (Å²) in [5.41, 5.74) is 4.21. The molecule has 11 heteroatoms. The van der Waals surface area contributed by atoms with Gasteiger partial charge in [0, 0.05) is 69.2 Å². The van der Waals surface area contributed by atoms with Gasteiger partial charge in [0.15, 0.2) is 0 Å². The summed E-state index contributed by atoms with van der Waals surface area (Å²) >= 11 is 0. The van der Waals surface area contributed by atoms with Crippen LogP contribution in [0.25, 0.3) is 22.0 Å². The molecule has 0 atom stereocenters. The minimum absolute atomic E-state index is 0.231. The van der Waals surface area contributed by atoms with Crippen molar-refractivity contribution in [2.24, 2.45) is 0 Å². The molecule has 1 aromatic carbocycles. The molecule has 38 heavy (non-hydrogen) atoms. The van der Waals surface area contributed by atoms with Gasteiger partial charge in [0.1, 0.15) is 12.5 Å². The van der Waals surface area contributed by atoms with Gasteiger partial charge in [-0.3, -0.25) is 19.7 Å². The second-order valence-electron chi connectivity index (χ2n) is 9.81. The molecule has 0 bridgehead atoms. The smallest absolute Gasteiger partial charge is 0.259 e. The number of halogens is 1. The van der Waals surface area contributed by atoms with Gasteiger partial charge in [-0.15, -0.1) is 0 Å². The zero-order valence-corrected chi connectivity index (χ0v) is 21.3. The molecule has 2 aliphatic rings. The predicted octanol–water partition coefficient (Wildman–Crippen LogP) is 2.68. The van der Waals surface area contributed by atoms with Crippen molar-refractivity contribution in [3.05, 3.63) is 60.2 Å². The van der Waals surface area contributed by atoms with Gasteiger partial charge in [0.05, 0.1) is 29.5 Å². The van der Waals surface area contributed by atoms with Crippen LogP contribution in [0.1, 0.15) is 16.1 Å². The molecule has 1 N–H and O–H groups in total. The van der Waals surface area contributed by atoms with Gasteiger partial charge in [0.25, 0.3) is 5.91 Å². The second kappa shape index (κ2) is 10.4. The van der Waals surface area contributed by atoms with Crippen LogP contribution in [0.4, 0.5) is 16.2 Å². The summed E-state index contributed by atoms with van der Waals surface area (Å²) in [7, 11) is 2.11. The lowest BCUT2D eigenvalue weighted by atomic mass is 10.0. The van der Waals surface area contributed by atoms with E-state index in [0.29, 0.717) is 24.2 Å². The van der Waals surface area contributed by atoms with E-state index in [9.17, 15) is 9.18 Å². The van der Waals surface area contributed by atoms with Crippen LogP contribution in [-0.2, 0) is 13.1 Å². The molecule has 5 heterocycles. The summed E-state index contributed by atoms with van der Waals surface area (Å²) in [4.78, 5) is 32.9. The second-order valence-corrected chi connectivity index (χ2v) is 9.81.